The zero-order valence-electron chi connectivity index (χ0n) is 11.7. The molecular weight excluding hydrogens is 196 g/mol. The van der Waals surface area contributed by atoms with Gasteiger partial charge < -0.3 is 9.80 Å². The topological polar surface area (TPSA) is 6.48 Å². The largest absolute Gasteiger partial charge is 0.306 e. The molecule has 0 aliphatic carbocycles. The van der Waals surface area contributed by atoms with Crippen molar-refractivity contribution in [1.82, 2.24) is 9.80 Å². The molecule has 0 aromatic rings. The van der Waals surface area contributed by atoms with Gasteiger partial charge in [0.15, 0.2) is 0 Å². The molecule has 0 bridgehead atoms. The van der Waals surface area contributed by atoms with E-state index in [4.69, 9.17) is 0 Å². The summed E-state index contributed by atoms with van der Waals surface area (Å²) in [5.74, 6) is 0.981. The standard InChI is InChI=1S/C14H30N2/c1-5-9-15(4)10-6-14-7-11-16(12-8-14)13(2)3/h13-14H,5-12H2,1-4H3. The summed E-state index contributed by atoms with van der Waals surface area (Å²) in [5.41, 5.74) is 0. The van der Waals surface area contributed by atoms with E-state index in [1.165, 1.54) is 51.9 Å². The molecule has 0 aromatic heterocycles. The SMILES string of the molecule is CCCN(C)CCC1CCN(C(C)C)CC1. The van der Waals surface area contributed by atoms with Crippen LogP contribution in [0.2, 0.25) is 0 Å². The summed E-state index contributed by atoms with van der Waals surface area (Å²) in [7, 11) is 2.26. The molecular formula is C14H30N2. The molecule has 0 amide bonds. The first-order chi connectivity index (χ1) is 7.63. The first-order valence-electron chi connectivity index (χ1n) is 7.06. The van der Waals surface area contributed by atoms with Gasteiger partial charge in [-0.25, -0.2) is 0 Å². The van der Waals surface area contributed by atoms with Gasteiger partial charge in [-0.05, 0) is 78.7 Å². The van der Waals surface area contributed by atoms with Gasteiger partial charge in [0.1, 0.15) is 0 Å². The minimum atomic E-state index is 0.740. The van der Waals surface area contributed by atoms with Crippen molar-refractivity contribution in [3.8, 4) is 0 Å². The van der Waals surface area contributed by atoms with Crippen molar-refractivity contribution >= 4 is 0 Å². The van der Waals surface area contributed by atoms with Crippen molar-refractivity contribution in [1.29, 1.82) is 0 Å². The Bertz CT molecular complexity index is 172. The lowest BCUT2D eigenvalue weighted by Gasteiger charge is -2.35. The number of piperidine rings is 1. The molecule has 2 heteroatoms. The van der Waals surface area contributed by atoms with Crippen LogP contribution in [0.5, 0.6) is 0 Å². The maximum Gasteiger partial charge on any atom is 0.00385 e. The normalized spacial score (nSPS) is 19.9. The summed E-state index contributed by atoms with van der Waals surface area (Å²) in [6.07, 6.45) is 5.51. The highest BCUT2D eigenvalue weighted by Gasteiger charge is 2.20. The van der Waals surface area contributed by atoms with E-state index in [9.17, 15) is 0 Å². The molecule has 0 N–H and O–H groups in total. The predicted octanol–water partition coefficient (Wildman–Crippen LogP) is 2.84. The number of likely N-dealkylation sites (tertiary alicyclic amines) is 1. The summed E-state index contributed by atoms with van der Waals surface area (Å²) in [5, 5.41) is 0. The van der Waals surface area contributed by atoms with E-state index in [2.05, 4.69) is 37.6 Å². The lowest BCUT2D eigenvalue weighted by molar-refractivity contribution is 0.139. The monoisotopic (exact) mass is 226 g/mol. The van der Waals surface area contributed by atoms with E-state index in [0.29, 0.717) is 0 Å². The molecule has 1 heterocycles. The molecule has 16 heavy (non-hydrogen) atoms. The second kappa shape index (κ2) is 7.29. The maximum absolute atomic E-state index is 2.62. The molecule has 1 saturated heterocycles. The average molecular weight is 226 g/mol. The fraction of sp³-hybridized carbons (Fsp3) is 1.00. The van der Waals surface area contributed by atoms with E-state index in [-0.39, 0.29) is 0 Å². The minimum Gasteiger partial charge on any atom is -0.306 e. The molecule has 0 spiro atoms. The summed E-state index contributed by atoms with van der Waals surface area (Å²) in [6.45, 7) is 12.1. The lowest BCUT2D eigenvalue weighted by Crippen LogP contribution is -2.39. The second-order valence-electron chi connectivity index (χ2n) is 5.67. The summed E-state index contributed by atoms with van der Waals surface area (Å²) in [6, 6.07) is 0.740. The second-order valence-corrected chi connectivity index (χ2v) is 5.67. The summed E-state index contributed by atoms with van der Waals surface area (Å²) >= 11 is 0. The van der Waals surface area contributed by atoms with Crippen molar-refractivity contribution in [2.75, 3.05) is 33.2 Å². The fourth-order valence-corrected chi connectivity index (χ4v) is 2.65. The molecule has 0 aromatic carbocycles. The van der Waals surface area contributed by atoms with Gasteiger partial charge in [0.25, 0.3) is 0 Å². The molecule has 0 atom stereocenters. The Hall–Kier alpha value is -0.0800. The molecule has 0 unspecified atom stereocenters. The van der Waals surface area contributed by atoms with Gasteiger partial charge in [-0.2, -0.15) is 0 Å². The Morgan fingerprint density at radius 1 is 1.19 bits per heavy atom. The zero-order chi connectivity index (χ0) is 12.0. The smallest absolute Gasteiger partial charge is 0.00385 e. The molecule has 2 nitrogen and oxygen atoms in total. The number of hydrogen-bond acceptors (Lipinski definition) is 2. The van der Waals surface area contributed by atoms with Gasteiger partial charge >= 0.3 is 0 Å². The van der Waals surface area contributed by atoms with E-state index >= 15 is 0 Å². The molecule has 1 aliphatic heterocycles. The highest BCUT2D eigenvalue weighted by atomic mass is 15.1. The Morgan fingerprint density at radius 2 is 1.81 bits per heavy atom. The van der Waals surface area contributed by atoms with Crippen LogP contribution in [-0.2, 0) is 0 Å². The molecule has 1 aliphatic rings. The quantitative estimate of drug-likeness (QED) is 0.687. The van der Waals surface area contributed by atoms with Crippen LogP contribution in [0.4, 0.5) is 0 Å². The predicted molar refractivity (Wildman–Crippen MR) is 71.8 cm³/mol. The van der Waals surface area contributed by atoms with Crippen molar-refractivity contribution in [2.24, 2.45) is 5.92 Å². The molecule has 0 saturated carbocycles. The number of nitrogens with zero attached hydrogens (tertiary/aromatic N) is 2. The van der Waals surface area contributed by atoms with Gasteiger partial charge in [-0.1, -0.05) is 6.92 Å². The first-order valence-corrected chi connectivity index (χ1v) is 7.06. The van der Waals surface area contributed by atoms with E-state index in [1.54, 1.807) is 0 Å². The van der Waals surface area contributed by atoms with E-state index in [1.807, 2.05) is 0 Å². The Morgan fingerprint density at radius 3 is 2.31 bits per heavy atom. The van der Waals surface area contributed by atoms with Gasteiger partial charge in [0, 0.05) is 6.04 Å². The van der Waals surface area contributed by atoms with Crippen molar-refractivity contribution in [2.45, 2.75) is 52.5 Å². The average Bonchev–Trinajstić information content (AvgIpc) is 2.27. The van der Waals surface area contributed by atoms with Crippen LogP contribution < -0.4 is 0 Å². The van der Waals surface area contributed by atoms with Crippen LogP contribution in [0.3, 0.4) is 0 Å². The third-order valence-electron chi connectivity index (χ3n) is 3.90. The van der Waals surface area contributed by atoms with Gasteiger partial charge in [-0.3, -0.25) is 0 Å². The van der Waals surface area contributed by atoms with Gasteiger partial charge in [0.05, 0.1) is 0 Å². The van der Waals surface area contributed by atoms with Crippen molar-refractivity contribution in [3.63, 3.8) is 0 Å². The Balaban J connectivity index is 2.12. The highest BCUT2D eigenvalue weighted by Crippen LogP contribution is 2.21. The van der Waals surface area contributed by atoms with Gasteiger partial charge in [0.2, 0.25) is 0 Å². The molecule has 1 fully saturated rings. The highest BCUT2D eigenvalue weighted by molar-refractivity contribution is 4.75. The lowest BCUT2D eigenvalue weighted by atomic mass is 9.93. The minimum absolute atomic E-state index is 0.740. The van der Waals surface area contributed by atoms with Crippen molar-refractivity contribution < 1.29 is 0 Å². The van der Waals surface area contributed by atoms with E-state index in [0.717, 1.165) is 12.0 Å². The van der Waals surface area contributed by atoms with Crippen LogP contribution in [0, 0.1) is 5.92 Å². The van der Waals surface area contributed by atoms with Crippen LogP contribution >= 0.6 is 0 Å². The summed E-state index contributed by atoms with van der Waals surface area (Å²) in [4.78, 5) is 5.10. The van der Waals surface area contributed by atoms with E-state index < -0.39 is 0 Å². The Labute approximate surface area is 102 Å². The Kier molecular flexibility index (Phi) is 6.37. The van der Waals surface area contributed by atoms with Crippen LogP contribution in [0.15, 0.2) is 0 Å². The zero-order valence-corrected chi connectivity index (χ0v) is 11.7. The van der Waals surface area contributed by atoms with Crippen LogP contribution in [0.1, 0.15) is 46.5 Å². The van der Waals surface area contributed by atoms with Crippen LogP contribution in [0.25, 0.3) is 0 Å². The first kappa shape index (κ1) is 14.0. The van der Waals surface area contributed by atoms with Gasteiger partial charge in [-0.15, -0.1) is 0 Å². The molecule has 96 valence electrons. The number of rotatable bonds is 6. The summed E-state index contributed by atoms with van der Waals surface area (Å²) < 4.78 is 0. The molecule has 1 rings (SSSR count). The van der Waals surface area contributed by atoms with Crippen molar-refractivity contribution in [3.05, 3.63) is 0 Å². The number of hydrogen-bond donors (Lipinski definition) is 0. The van der Waals surface area contributed by atoms with Crippen LogP contribution in [-0.4, -0.2) is 49.1 Å². The maximum atomic E-state index is 2.62. The fourth-order valence-electron chi connectivity index (χ4n) is 2.65. The third-order valence-corrected chi connectivity index (χ3v) is 3.90. The third kappa shape index (κ3) is 4.84. The molecule has 0 radical (unpaired) electrons.